The molecule has 176 valence electrons. The standard InChI is InChI=1S/C24H31N5O3S/c1-24(23(32)26-17-6-4-5-7-17)15-29-20(22(31)28(24)2)14-19(27-29)21(30)25-13-12-16-8-10-18(33-3)11-9-16/h8-11,14,17H,4-7,12-13,15H2,1-3H3,(H,25,30)(H,26,32)/t24-/m1/s1. The van der Waals surface area contributed by atoms with Crippen LogP contribution in [-0.2, 0) is 17.8 Å². The summed E-state index contributed by atoms with van der Waals surface area (Å²) in [5, 5.41) is 10.3. The van der Waals surface area contributed by atoms with Crippen LogP contribution in [0.1, 0.15) is 59.1 Å². The highest BCUT2D eigenvalue weighted by molar-refractivity contribution is 7.98. The minimum atomic E-state index is -1.06. The van der Waals surface area contributed by atoms with Gasteiger partial charge in [0, 0.05) is 30.6 Å². The van der Waals surface area contributed by atoms with Crippen molar-refractivity contribution in [3.05, 3.63) is 47.3 Å². The maximum atomic E-state index is 13.1. The average Bonchev–Trinajstić information content (AvgIpc) is 3.48. The van der Waals surface area contributed by atoms with E-state index in [1.54, 1.807) is 25.7 Å². The van der Waals surface area contributed by atoms with Gasteiger partial charge in [-0.2, -0.15) is 5.10 Å². The van der Waals surface area contributed by atoms with Gasteiger partial charge in [-0.3, -0.25) is 19.1 Å². The monoisotopic (exact) mass is 469 g/mol. The van der Waals surface area contributed by atoms with Gasteiger partial charge in [0.25, 0.3) is 11.8 Å². The first-order valence-corrected chi connectivity index (χ1v) is 12.6. The zero-order chi connectivity index (χ0) is 23.6. The van der Waals surface area contributed by atoms with E-state index in [2.05, 4.69) is 40.0 Å². The third kappa shape index (κ3) is 4.78. The van der Waals surface area contributed by atoms with Crippen LogP contribution < -0.4 is 10.6 Å². The molecule has 2 aliphatic rings. The fraction of sp³-hybridized carbons (Fsp3) is 0.500. The molecule has 0 unspecified atom stereocenters. The lowest BCUT2D eigenvalue weighted by Gasteiger charge is -2.41. The molecule has 0 bridgehead atoms. The van der Waals surface area contributed by atoms with Crippen molar-refractivity contribution in [1.82, 2.24) is 25.3 Å². The molecule has 1 atom stereocenters. The number of hydrogen-bond donors (Lipinski definition) is 2. The highest BCUT2D eigenvalue weighted by Crippen LogP contribution is 2.27. The molecule has 1 saturated carbocycles. The van der Waals surface area contributed by atoms with Gasteiger partial charge in [-0.1, -0.05) is 25.0 Å². The highest BCUT2D eigenvalue weighted by Gasteiger charge is 2.46. The Morgan fingerprint density at radius 1 is 1.21 bits per heavy atom. The van der Waals surface area contributed by atoms with Crippen molar-refractivity contribution in [2.45, 2.75) is 62.0 Å². The average molecular weight is 470 g/mol. The van der Waals surface area contributed by atoms with Gasteiger partial charge in [0.1, 0.15) is 11.2 Å². The number of thioether (sulfide) groups is 1. The molecule has 8 nitrogen and oxygen atoms in total. The van der Waals surface area contributed by atoms with E-state index in [0.29, 0.717) is 18.7 Å². The third-order valence-corrected chi connectivity index (χ3v) is 7.52. The zero-order valence-electron chi connectivity index (χ0n) is 19.4. The number of rotatable bonds is 7. The van der Waals surface area contributed by atoms with E-state index in [1.807, 2.05) is 6.26 Å². The zero-order valence-corrected chi connectivity index (χ0v) is 20.2. The molecule has 9 heteroatoms. The van der Waals surface area contributed by atoms with Crippen molar-refractivity contribution < 1.29 is 14.4 Å². The number of nitrogens with zero attached hydrogens (tertiary/aromatic N) is 3. The number of aromatic nitrogens is 2. The predicted molar refractivity (Wildman–Crippen MR) is 127 cm³/mol. The van der Waals surface area contributed by atoms with E-state index in [-0.39, 0.29) is 36.0 Å². The summed E-state index contributed by atoms with van der Waals surface area (Å²) in [6.45, 7) is 2.43. The number of hydrogen-bond acceptors (Lipinski definition) is 5. The number of amides is 3. The van der Waals surface area contributed by atoms with E-state index in [0.717, 1.165) is 31.2 Å². The lowest BCUT2D eigenvalue weighted by Crippen LogP contribution is -2.63. The van der Waals surface area contributed by atoms with Crippen LogP contribution in [0.3, 0.4) is 0 Å². The van der Waals surface area contributed by atoms with E-state index >= 15 is 0 Å². The number of benzene rings is 1. The van der Waals surface area contributed by atoms with Gasteiger partial charge in [0.2, 0.25) is 5.91 Å². The van der Waals surface area contributed by atoms with Crippen molar-refractivity contribution in [2.24, 2.45) is 0 Å². The largest absolute Gasteiger partial charge is 0.351 e. The minimum absolute atomic E-state index is 0.162. The van der Waals surface area contributed by atoms with Gasteiger partial charge < -0.3 is 15.5 Å². The Kier molecular flexibility index (Phi) is 6.78. The minimum Gasteiger partial charge on any atom is -0.351 e. The quantitative estimate of drug-likeness (QED) is 0.608. The van der Waals surface area contributed by atoms with Gasteiger partial charge in [-0.05, 0) is 50.1 Å². The summed E-state index contributed by atoms with van der Waals surface area (Å²) < 4.78 is 1.49. The molecule has 1 aliphatic heterocycles. The van der Waals surface area contributed by atoms with Crippen molar-refractivity contribution in [3.8, 4) is 0 Å². The molecule has 1 aromatic heterocycles. The Labute approximate surface area is 198 Å². The summed E-state index contributed by atoms with van der Waals surface area (Å²) in [6.07, 6.45) is 6.90. The predicted octanol–water partition coefficient (Wildman–Crippen LogP) is 2.48. The summed E-state index contributed by atoms with van der Waals surface area (Å²) in [7, 11) is 1.63. The normalized spacial score (nSPS) is 20.6. The Bertz CT molecular complexity index is 1040. The number of carbonyl (C=O) groups excluding carboxylic acids is 3. The Morgan fingerprint density at radius 3 is 2.58 bits per heavy atom. The summed E-state index contributed by atoms with van der Waals surface area (Å²) in [4.78, 5) is 41.4. The molecule has 2 heterocycles. The van der Waals surface area contributed by atoms with Crippen LogP contribution in [0, 0.1) is 0 Å². The Hall–Kier alpha value is -2.81. The van der Waals surface area contributed by atoms with Crippen LogP contribution in [0.5, 0.6) is 0 Å². The SMILES string of the molecule is CSc1ccc(CCNC(=O)c2cc3n(n2)C[C@](C)(C(=O)NC2CCCC2)N(C)C3=O)cc1. The summed E-state index contributed by atoms with van der Waals surface area (Å²) in [5.41, 5.74) is 0.583. The topological polar surface area (TPSA) is 96.3 Å². The maximum Gasteiger partial charge on any atom is 0.272 e. The van der Waals surface area contributed by atoms with Crippen LogP contribution in [0.15, 0.2) is 35.2 Å². The molecule has 2 aromatic rings. The summed E-state index contributed by atoms with van der Waals surface area (Å²) in [6, 6.07) is 9.91. The molecule has 4 rings (SSSR count). The molecule has 33 heavy (non-hydrogen) atoms. The molecule has 0 spiro atoms. The molecule has 0 radical (unpaired) electrons. The van der Waals surface area contributed by atoms with E-state index in [9.17, 15) is 14.4 Å². The molecule has 1 fully saturated rings. The number of fused-ring (bicyclic) bond motifs is 1. The molecule has 1 aliphatic carbocycles. The second-order valence-electron chi connectivity index (χ2n) is 9.02. The highest BCUT2D eigenvalue weighted by atomic mass is 32.2. The van der Waals surface area contributed by atoms with Crippen LogP contribution in [0.4, 0.5) is 0 Å². The lowest BCUT2D eigenvalue weighted by atomic mass is 9.95. The molecular weight excluding hydrogens is 438 g/mol. The molecule has 0 saturated heterocycles. The fourth-order valence-electron chi connectivity index (χ4n) is 4.45. The van der Waals surface area contributed by atoms with Crippen LogP contribution >= 0.6 is 11.8 Å². The van der Waals surface area contributed by atoms with Gasteiger partial charge >= 0.3 is 0 Å². The van der Waals surface area contributed by atoms with E-state index in [1.165, 1.54) is 20.5 Å². The summed E-state index contributed by atoms with van der Waals surface area (Å²) >= 11 is 1.69. The molecule has 2 N–H and O–H groups in total. The van der Waals surface area contributed by atoms with E-state index < -0.39 is 5.54 Å². The van der Waals surface area contributed by atoms with Gasteiger partial charge in [0.05, 0.1) is 6.54 Å². The number of carbonyl (C=O) groups is 3. The first-order valence-electron chi connectivity index (χ1n) is 11.4. The van der Waals surface area contributed by atoms with Crippen LogP contribution in [-0.4, -0.2) is 63.8 Å². The van der Waals surface area contributed by atoms with Crippen LogP contribution in [0.25, 0.3) is 0 Å². The van der Waals surface area contributed by atoms with Gasteiger partial charge in [0.15, 0.2) is 5.69 Å². The Morgan fingerprint density at radius 2 is 1.91 bits per heavy atom. The van der Waals surface area contributed by atoms with Crippen LogP contribution in [0.2, 0.25) is 0 Å². The first kappa shape index (κ1) is 23.4. The van der Waals surface area contributed by atoms with Crippen molar-refractivity contribution in [2.75, 3.05) is 19.8 Å². The lowest BCUT2D eigenvalue weighted by molar-refractivity contribution is -0.133. The first-order chi connectivity index (χ1) is 15.8. The smallest absolute Gasteiger partial charge is 0.272 e. The second-order valence-corrected chi connectivity index (χ2v) is 9.90. The molecule has 1 aromatic carbocycles. The van der Waals surface area contributed by atoms with Crippen molar-refractivity contribution >= 4 is 29.5 Å². The van der Waals surface area contributed by atoms with Crippen molar-refractivity contribution in [3.63, 3.8) is 0 Å². The van der Waals surface area contributed by atoms with Crippen molar-refractivity contribution in [1.29, 1.82) is 0 Å². The number of likely N-dealkylation sites (N-methyl/N-ethyl adjacent to an activating group) is 1. The third-order valence-electron chi connectivity index (χ3n) is 6.77. The van der Waals surface area contributed by atoms with Gasteiger partial charge in [-0.15, -0.1) is 11.8 Å². The number of nitrogens with one attached hydrogen (secondary N) is 2. The molecule has 3 amide bonds. The van der Waals surface area contributed by atoms with Gasteiger partial charge in [-0.25, -0.2) is 0 Å². The fourth-order valence-corrected chi connectivity index (χ4v) is 4.86. The second kappa shape index (κ2) is 9.59. The molecular formula is C24H31N5O3S. The van der Waals surface area contributed by atoms with E-state index in [4.69, 9.17) is 0 Å². The Balaban J connectivity index is 1.41. The maximum absolute atomic E-state index is 13.1. The summed E-state index contributed by atoms with van der Waals surface area (Å²) in [5.74, 6) is -0.819.